The SMILES string of the molecule is CC(C)(C)CCN1CC(C2CC2)NCC1C1CCCCC1. The van der Waals surface area contributed by atoms with Crippen molar-refractivity contribution in [3.63, 3.8) is 0 Å². The van der Waals surface area contributed by atoms with Crippen LogP contribution in [0.5, 0.6) is 0 Å². The molecule has 2 atom stereocenters. The molecule has 122 valence electrons. The Bertz CT molecular complexity index is 323. The average molecular weight is 293 g/mol. The minimum Gasteiger partial charge on any atom is -0.311 e. The van der Waals surface area contributed by atoms with Crippen LogP contribution in [0.3, 0.4) is 0 Å². The monoisotopic (exact) mass is 292 g/mol. The highest BCUT2D eigenvalue weighted by Crippen LogP contribution is 2.37. The first-order chi connectivity index (χ1) is 10.0. The molecule has 0 spiro atoms. The van der Waals surface area contributed by atoms with Gasteiger partial charge in [-0.25, -0.2) is 0 Å². The Balaban J connectivity index is 1.61. The molecule has 3 aliphatic rings. The Kier molecular flexibility index (Phi) is 4.95. The lowest BCUT2D eigenvalue weighted by Crippen LogP contribution is -2.60. The van der Waals surface area contributed by atoms with Crippen molar-refractivity contribution in [3.05, 3.63) is 0 Å². The van der Waals surface area contributed by atoms with E-state index in [-0.39, 0.29) is 0 Å². The predicted octanol–water partition coefficient (Wildman–Crippen LogP) is 4.06. The summed E-state index contributed by atoms with van der Waals surface area (Å²) in [7, 11) is 0. The van der Waals surface area contributed by atoms with Crippen LogP contribution in [-0.4, -0.2) is 36.6 Å². The minimum absolute atomic E-state index is 0.469. The van der Waals surface area contributed by atoms with Crippen molar-refractivity contribution in [2.75, 3.05) is 19.6 Å². The summed E-state index contributed by atoms with van der Waals surface area (Å²) in [5.74, 6) is 1.96. The summed E-state index contributed by atoms with van der Waals surface area (Å²) in [5.41, 5.74) is 0.469. The fraction of sp³-hybridized carbons (Fsp3) is 1.00. The van der Waals surface area contributed by atoms with E-state index in [1.807, 2.05) is 0 Å². The van der Waals surface area contributed by atoms with Crippen molar-refractivity contribution in [1.82, 2.24) is 10.2 Å². The van der Waals surface area contributed by atoms with E-state index in [2.05, 4.69) is 31.0 Å². The summed E-state index contributed by atoms with van der Waals surface area (Å²) in [6.45, 7) is 11.1. The van der Waals surface area contributed by atoms with Crippen LogP contribution in [-0.2, 0) is 0 Å². The number of hydrogen-bond acceptors (Lipinski definition) is 2. The molecule has 2 unspecified atom stereocenters. The van der Waals surface area contributed by atoms with Gasteiger partial charge in [-0.2, -0.15) is 0 Å². The first-order valence-electron chi connectivity index (χ1n) is 9.50. The van der Waals surface area contributed by atoms with E-state index < -0.39 is 0 Å². The van der Waals surface area contributed by atoms with Crippen molar-refractivity contribution in [2.24, 2.45) is 17.3 Å². The summed E-state index contributed by atoms with van der Waals surface area (Å²) < 4.78 is 0. The molecule has 21 heavy (non-hydrogen) atoms. The van der Waals surface area contributed by atoms with Crippen LogP contribution in [0, 0.1) is 17.3 Å². The molecule has 2 saturated carbocycles. The van der Waals surface area contributed by atoms with Crippen molar-refractivity contribution in [1.29, 1.82) is 0 Å². The molecular formula is C19H36N2. The fourth-order valence-electron chi connectivity index (χ4n) is 4.39. The van der Waals surface area contributed by atoms with Gasteiger partial charge in [0.2, 0.25) is 0 Å². The summed E-state index contributed by atoms with van der Waals surface area (Å²) in [5, 5.41) is 3.91. The van der Waals surface area contributed by atoms with Crippen LogP contribution in [0.4, 0.5) is 0 Å². The molecule has 2 aliphatic carbocycles. The Morgan fingerprint density at radius 1 is 0.952 bits per heavy atom. The van der Waals surface area contributed by atoms with Crippen molar-refractivity contribution < 1.29 is 0 Å². The smallest absolute Gasteiger partial charge is 0.0249 e. The lowest BCUT2D eigenvalue weighted by Gasteiger charge is -2.46. The highest BCUT2D eigenvalue weighted by Gasteiger charge is 2.39. The second-order valence-electron chi connectivity index (χ2n) is 9.12. The topological polar surface area (TPSA) is 15.3 Å². The van der Waals surface area contributed by atoms with Gasteiger partial charge in [0.15, 0.2) is 0 Å². The molecule has 0 radical (unpaired) electrons. The largest absolute Gasteiger partial charge is 0.311 e. The summed E-state index contributed by atoms with van der Waals surface area (Å²) in [6, 6.07) is 1.62. The van der Waals surface area contributed by atoms with E-state index in [1.54, 1.807) is 0 Å². The second kappa shape index (κ2) is 6.58. The predicted molar refractivity (Wildman–Crippen MR) is 90.5 cm³/mol. The van der Waals surface area contributed by atoms with E-state index in [9.17, 15) is 0 Å². The second-order valence-corrected chi connectivity index (χ2v) is 9.12. The maximum atomic E-state index is 3.91. The molecule has 3 rings (SSSR count). The molecule has 1 N–H and O–H groups in total. The molecule has 0 aromatic carbocycles. The van der Waals surface area contributed by atoms with Crippen LogP contribution in [0.1, 0.15) is 72.1 Å². The first kappa shape index (κ1) is 15.8. The molecule has 1 aliphatic heterocycles. The zero-order valence-corrected chi connectivity index (χ0v) is 14.5. The van der Waals surface area contributed by atoms with Gasteiger partial charge in [0.1, 0.15) is 0 Å². The number of nitrogens with one attached hydrogen (secondary N) is 1. The van der Waals surface area contributed by atoms with E-state index >= 15 is 0 Å². The van der Waals surface area contributed by atoms with Gasteiger partial charge in [0, 0.05) is 25.2 Å². The third kappa shape index (κ3) is 4.45. The van der Waals surface area contributed by atoms with E-state index in [1.165, 1.54) is 71.0 Å². The molecule has 0 bridgehead atoms. The lowest BCUT2D eigenvalue weighted by atomic mass is 9.81. The van der Waals surface area contributed by atoms with Crippen molar-refractivity contribution in [3.8, 4) is 0 Å². The van der Waals surface area contributed by atoms with Gasteiger partial charge in [0.25, 0.3) is 0 Å². The van der Waals surface area contributed by atoms with Gasteiger partial charge >= 0.3 is 0 Å². The van der Waals surface area contributed by atoms with Crippen LogP contribution in [0.15, 0.2) is 0 Å². The highest BCUT2D eigenvalue weighted by molar-refractivity contribution is 4.96. The van der Waals surface area contributed by atoms with Crippen molar-refractivity contribution in [2.45, 2.75) is 84.2 Å². The van der Waals surface area contributed by atoms with Gasteiger partial charge in [-0.3, -0.25) is 4.90 Å². The van der Waals surface area contributed by atoms with Gasteiger partial charge in [0.05, 0.1) is 0 Å². The summed E-state index contributed by atoms with van der Waals surface area (Å²) in [6.07, 6.45) is 11.7. The highest BCUT2D eigenvalue weighted by atomic mass is 15.2. The molecule has 0 aromatic rings. The van der Waals surface area contributed by atoms with Gasteiger partial charge in [-0.05, 0) is 55.9 Å². The van der Waals surface area contributed by atoms with Gasteiger partial charge in [-0.1, -0.05) is 40.0 Å². The zero-order valence-electron chi connectivity index (χ0n) is 14.5. The fourth-order valence-corrected chi connectivity index (χ4v) is 4.39. The molecule has 0 amide bonds. The van der Waals surface area contributed by atoms with Crippen LogP contribution < -0.4 is 5.32 Å². The van der Waals surface area contributed by atoms with E-state index in [0.717, 1.165) is 23.9 Å². The molecule has 3 fully saturated rings. The number of rotatable bonds is 4. The molecule has 1 heterocycles. The lowest BCUT2D eigenvalue weighted by molar-refractivity contribution is 0.0581. The van der Waals surface area contributed by atoms with Crippen molar-refractivity contribution >= 4 is 0 Å². The van der Waals surface area contributed by atoms with E-state index in [4.69, 9.17) is 0 Å². The number of nitrogens with zero attached hydrogens (tertiary/aromatic N) is 1. The Hall–Kier alpha value is -0.0800. The Morgan fingerprint density at radius 2 is 1.67 bits per heavy atom. The maximum absolute atomic E-state index is 3.91. The Morgan fingerprint density at radius 3 is 2.29 bits per heavy atom. The molecule has 1 saturated heterocycles. The standard InChI is InChI=1S/C19H36N2/c1-19(2,3)11-12-21-14-17(15-9-10-15)20-13-18(21)16-7-5-4-6-8-16/h15-18,20H,4-14H2,1-3H3. The number of hydrogen-bond donors (Lipinski definition) is 1. The summed E-state index contributed by atoms with van der Waals surface area (Å²) >= 11 is 0. The minimum atomic E-state index is 0.469. The normalized spacial score (nSPS) is 33.3. The van der Waals surface area contributed by atoms with E-state index in [0.29, 0.717) is 5.41 Å². The number of piperazine rings is 1. The van der Waals surface area contributed by atoms with Gasteiger partial charge < -0.3 is 5.32 Å². The maximum Gasteiger partial charge on any atom is 0.0249 e. The molecular weight excluding hydrogens is 256 g/mol. The first-order valence-corrected chi connectivity index (χ1v) is 9.50. The van der Waals surface area contributed by atoms with Gasteiger partial charge in [-0.15, -0.1) is 0 Å². The molecule has 2 heteroatoms. The van der Waals surface area contributed by atoms with Crippen LogP contribution in [0.25, 0.3) is 0 Å². The summed E-state index contributed by atoms with van der Waals surface area (Å²) in [4.78, 5) is 2.89. The van der Waals surface area contributed by atoms with Crippen LogP contribution >= 0.6 is 0 Å². The molecule has 0 aromatic heterocycles. The quantitative estimate of drug-likeness (QED) is 0.841. The third-order valence-corrected chi connectivity index (χ3v) is 6.02. The third-order valence-electron chi connectivity index (χ3n) is 6.02. The zero-order chi connectivity index (χ0) is 14.9. The van der Waals surface area contributed by atoms with Crippen LogP contribution in [0.2, 0.25) is 0 Å². The Labute approximate surface area is 132 Å². The average Bonchev–Trinajstić information content (AvgIpc) is 3.30. The molecule has 2 nitrogen and oxygen atoms in total.